The fourth-order valence-corrected chi connectivity index (χ4v) is 15.3. The maximum atomic E-state index is 10.1. The molecule has 0 bridgehead atoms. The largest absolute Gasteiger partial charge is 0.489 e. The number of furan rings is 2. The Hall–Kier alpha value is -11.9. The van der Waals surface area contributed by atoms with E-state index in [4.69, 9.17) is 8.83 Å². The van der Waals surface area contributed by atoms with Gasteiger partial charge in [0.25, 0.3) is 0 Å². The fourth-order valence-electron chi connectivity index (χ4n) is 15.0. The van der Waals surface area contributed by atoms with Gasteiger partial charge in [0.1, 0.15) is 22.3 Å². The number of hydrogen-bond donors (Lipinski definition) is 2. The molecule has 20 aromatic rings. The quantitative estimate of drug-likeness (QED) is 0.129. The summed E-state index contributed by atoms with van der Waals surface area (Å²) in [5.41, 5.74) is 16.4. The maximum Gasteiger partial charge on any atom is 0.489 e. The highest BCUT2D eigenvalue weighted by Gasteiger charge is 2.23. The van der Waals surface area contributed by atoms with Crippen LogP contribution in [0.25, 0.3) is 186 Å². The summed E-state index contributed by atoms with van der Waals surface area (Å²) in [6.07, 6.45) is 0. The lowest BCUT2D eigenvalue weighted by molar-refractivity contribution is 0.426. The standard InChI is InChI=1S/C46H28O.C24H17BO2.C22H13BrO/c1-2-11-33-27-35(22-19-29(33)9-1)45-39-15-7-5-13-37(39)44(38-14-6-8-16-40(38)45)32-20-17-30(18-21-32)34-24-26-43-42(28-34)41-25-23-31-10-3-4-12-36(31)46(41)47-43;26-25(27)24-21-11-5-3-9-19(21)23(20-10-4-6-12-22(20)24)18-14-13-16-7-1-2-8-17(16)15-18;23-17-9-5-14(6-10-17)16-8-12-21-20(13-16)19-11-7-15-3-1-2-4-18(15)22(19)24-21/h1-28H;1-15,26-27H;1-13H. The van der Waals surface area contributed by atoms with Crippen molar-refractivity contribution < 1.29 is 18.9 Å². The molecule has 0 fully saturated rings. The van der Waals surface area contributed by atoms with Crippen LogP contribution in [0.2, 0.25) is 0 Å². The van der Waals surface area contributed by atoms with Gasteiger partial charge in [0, 0.05) is 36.8 Å². The average molecular weight is 1320 g/mol. The van der Waals surface area contributed by atoms with Crippen molar-refractivity contribution in [2.45, 2.75) is 0 Å². The van der Waals surface area contributed by atoms with Crippen molar-refractivity contribution in [1.29, 1.82) is 0 Å². The van der Waals surface area contributed by atoms with Crippen molar-refractivity contribution in [2.24, 2.45) is 0 Å². The van der Waals surface area contributed by atoms with Gasteiger partial charge in [0.2, 0.25) is 0 Å². The maximum absolute atomic E-state index is 10.1. The average Bonchev–Trinajstić information content (AvgIpc) is 1.04. The molecule has 460 valence electrons. The lowest BCUT2D eigenvalue weighted by Gasteiger charge is -2.18. The summed E-state index contributed by atoms with van der Waals surface area (Å²) in [6.45, 7) is 0. The van der Waals surface area contributed by atoms with Gasteiger partial charge >= 0.3 is 7.12 Å². The monoisotopic (exact) mass is 1320 g/mol. The minimum absolute atomic E-state index is 0.561. The van der Waals surface area contributed by atoms with Gasteiger partial charge in [-0.25, -0.2) is 0 Å². The van der Waals surface area contributed by atoms with Crippen molar-refractivity contribution in [3.8, 4) is 55.6 Å². The second-order valence-electron chi connectivity index (χ2n) is 25.3. The summed E-state index contributed by atoms with van der Waals surface area (Å²) in [5, 5.41) is 43.3. The third kappa shape index (κ3) is 10.2. The number of benzene rings is 18. The van der Waals surface area contributed by atoms with Crippen molar-refractivity contribution >= 4 is 159 Å². The molecule has 6 heteroatoms. The number of hydrogen-bond acceptors (Lipinski definition) is 4. The highest BCUT2D eigenvalue weighted by atomic mass is 79.9. The zero-order valence-electron chi connectivity index (χ0n) is 53.0. The second-order valence-corrected chi connectivity index (χ2v) is 26.2. The van der Waals surface area contributed by atoms with Crippen LogP contribution in [-0.2, 0) is 0 Å². The molecule has 0 aliphatic heterocycles. The number of fused-ring (bicyclic) bond motifs is 16. The SMILES string of the molecule is Brc1ccc(-c2ccc3oc4c5ccccc5ccc4c3c2)cc1.OB(O)c1c2ccccc2c(-c2ccc3ccccc3c2)c2ccccc12.c1ccc2cc(-c3c4ccccc4c(-c4ccc(-c5ccc6oc7c8ccccc8ccc7c6c5)cc4)c4ccccc34)ccc2c1. The summed E-state index contributed by atoms with van der Waals surface area (Å²) < 4.78 is 13.6. The molecule has 18 aromatic carbocycles. The Morgan fingerprint density at radius 3 is 0.918 bits per heavy atom. The molecule has 0 saturated heterocycles. The molecule has 0 aliphatic carbocycles. The Morgan fingerprint density at radius 2 is 0.510 bits per heavy atom. The highest BCUT2D eigenvalue weighted by molar-refractivity contribution is 9.10. The summed E-state index contributed by atoms with van der Waals surface area (Å²) in [4.78, 5) is 0. The molecule has 0 unspecified atom stereocenters. The third-order valence-electron chi connectivity index (χ3n) is 19.6. The van der Waals surface area contributed by atoms with Gasteiger partial charge in [0.15, 0.2) is 0 Å². The third-order valence-corrected chi connectivity index (χ3v) is 20.2. The molecule has 2 heterocycles. The van der Waals surface area contributed by atoms with Gasteiger partial charge in [-0.2, -0.15) is 0 Å². The van der Waals surface area contributed by atoms with Crippen LogP contribution in [0.15, 0.2) is 353 Å². The zero-order chi connectivity index (χ0) is 65.4. The molecule has 0 amide bonds. The molecule has 2 aromatic heterocycles. The molecular formula is C92H58BBrO4. The van der Waals surface area contributed by atoms with Crippen LogP contribution in [0.5, 0.6) is 0 Å². The second kappa shape index (κ2) is 24.4. The van der Waals surface area contributed by atoms with E-state index in [1.165, 1.54) is 104 Å². The molecule has 2 N–H and O–H groups in total. The Kier molecular flexibility index (Phi) is 14.6. The molecular weight excluding hydrogens is 1260 g/mol. The van der Waals surface area contributed by atoms with E-state index >= 15 is 0 Å². The molecule has 0 atom stereocenters. The van der Waals surface area contributed by atoms with Gasteiger partial charge in [0.05, 0.1) is 0 Å². The predicted octanol–water partition coefficient (Wildman–Crippen LogP) is 24.9. The van der Waals surface area contributed by atoms with Crippen LogP contribution >= 0.6 is 15.9 Å². The molecule has 20 rings (SSSR count). The van der Waals surface area contributed by atoms with Crippen molar-refractivity contribution in [2.75, 3.05) is 0 Å². The van der Waals surface area contributed by atoms with Gasteiger partial charge in [-0.15, -0.1) is 0 Å². The minimum Gasteiger partial charge on any atom is -0.455 e. The van der Waals surface area contributed by atoms with E-state index in [0.717, 1.165) is 86.4 Å². The highest BCUT2D eigenvalue weighted by Crippen LogP contribution is 2.46. The first kappa shape index (κ1) is 58.7. The van der Waals surface area contributed by atoms with Crippen LogP contribution in [0.1, 0.15) is 0 Å². The molecule has 0 aliphatic rings. The lowest BCUT2D eigenvalue weighted by Crippen LogP contribution is -2.31. The zero-order valence-corrected chi connectivity index (χ0v) is 54.6. The first-order chi connectivity index (χ1) is 48.3. The minimum atomic E-state index is -1.52. The van der Waals surface area contributed by atoms with Gasteiger partial charge in [-0.05, 0) is 197 Å². The molecule has 4 nitrogen and oxygen atoms in total. The Labute approximate surface area is 573 Å². The van der Waals surface area contributed by atoms with Crippen molar-refractivity contribution in [3.63, 3.8) is 0 Å². The van der Waals surface area contributed by atoms with Crippen LogP contribution in [-0.4, -0.2) is 17.2 Å². The summed E-state index contributed by atoms with van der Waals surface area (Å²) in [5.74, 6) is 0. The molecule has 0 spiro atoms. The first-order valence-electron chi connectivity index (χ1n) is 33.1. The van der Waals surface area contributed by atoms with E-state index in [1.807, 2.05) is 48.5 Å². The Balaban J connectivity index is 0.000000116. The summed E-state index contributed by atoms with van der Waals surface area (Å²) in [7, 11) is -1.52. The fraction of sp³-hybridized carbons (Fsp3) is 0. The normalized spacial score (nSPS) is 11.6. The number of halogens is 1. The van der Waals surface area contributed by atoms with Crippen molar-refractivity contribution in [3.05, 3.63) is 344 Å². The van der Waals surface area contributed by atoms with Gasteiger partial charge in [-0.1, -0.05) is 295 Å². The van der Waals surface area contributed by atoms with Crippen molar-refractivity contribution in [1.82, 2.24) is 0 Å². The molecule has 98 heavy (non-hydrogen) atoms. The Morgan fingerprint density at radius 1 is 0.214 bits per heavy atom. The summed E-state index contributed by atoms with van der Waals surface area (Å²) in [6, 6.07) is 120. The van der Waals surface area contributed by atoms with Gasteiger partial charge < -0.3 is 18.9 Å². The van der Waals surface area contributed by atoms with Gasteiger partial charge in [-0.3, -0.25) is 0 Å². The van der Waals surface area contributed by atoms with E-state index in [1.54, 1.807) is 0 Å². The van der Waals surface area contributed by atoms with E-state index in [9.17, 15) is 10.0 Å². The van der Waals surface area contributed by atoms with Crippen LogP contribution < -0.4 is 5.46 Å². The number of rotatable bonds is 6. The van der Waals surface area contributed by atoms with Crippen LogP contribution in [0.3, 0.4) is 0 Å². The topological polar surface area (TPSA) is 66.7 Å². The summed E-state index contributed by atoms with van der Waals surface area (Å²) >= 11 is 3.49. The Bertz CT molecular complexity index is 6430. The smallest absolute Gasteiger partial charge is 0.455 e. The first-order valence-corrected chi connectivity index (χ1v) is 33.9. The van der Waals surface area contributed by atoms with Crippen LogP contribution in [0, 0.1) is 0 Å². The molecule has 0 saturated carbocycles. The predicted molar refractivity (Wildman–Crippen MR) is 419 cm³/mol. The lowest BCUT2D eigenvalue weighted by atomic mass is 9.72. The van der Waals surface area contributed by atoms with E-state index in [-0.39, 0.29) is 0 Å². The van der Waals surface area contributed by atoms with E-state index in [2.05, 4.69) is 307 Å². The van der Waals surface area contributed by atoms with Crippen LogP contribution in [0.4, 0.5) is 0 Å². The molecule has 0 radical (unpaired) electrons. The van der Waals surface area contributed by atoms with E-state index in [0.29, 0.717) is 5.46 Å². The van der Waals surface area contributed by atoms with E-state index < -0.39 is 7.12 Å².